The first-order valence-electron chi connectivity index (χ1n) is 8.36. The van der Waals surface area contributed by atoms with Crippen molar-refractivity contribution in [3.8, 4) is 0 Å². The van der Waals surface area contributed by atoms with Crippen LogP contribution in [0.15, 0.2) is 16.7 Å². The summed E-state index contributed by atoms with van der Waals surface area (Å²) in [5, 5.41) is 3.58. The first-order valence-corrected chi connectivity index (χ1v) is 8.36. The van der Waals surface area contributed by atoms with Gasteiger partial charge in [-0.3, -0.25) is 4.90 Å². The molecule has 0 amide bonds. The Morgan fingerprint density at radius 3 is 2.67 bits per heavy atom. The summed E-state index contributed by atoms with van der Waals surface area (Å²) in [7, 11) is 4.35. The maximum atomic E-state index is 5.72. The second-order valence-electron chi connectivity index (χ2n) is 7.01. The number of piperidine rings is 1. The van der Waals surface area contributed by atoms with Gasteiger partial charge in [-0.15, -0.1) is 0 Å². The molecule has 0 bridgehead atoms. The number of furan rings is 1. The molecular formula is C17H29N3O. The Hall–Kier alpha value is -0.840. The number of nitrogens with zero attached hydrogens (tertiary/aromatic N) is 2. The fraction of sp³-hybridized carbons (Fsp3) is 0.765. The van der Waals surface area contributed by atoms with Gasteiger partial charge in [0.05, 0.1) is 12.8 Å². The minimum Gasteiger partial charge on any atom is -0.468 e. The van der Waals surface area contributed by atoms with Gasteiger partial charge in [-0.25, -0.2) is 0 Å². The molecule has 1 aliphatic carbocycles. The Morgan fingerprint density at radius 2 is 2.00 bits per heavy atom. The van der Waals surface area contributed by atoms with Crippen LogP contribution in [0.1, 0.15) is 37.0 Å². The Morgan fingerprint density at radius 1 is 1.24 bits per heavy atom. The predicted octanol–water partition coefficient (Wildman–Crippen LogP) is 2.31. The fourth-order valence-electron chi connectivity index (χ4n) is 3.25. The van der Waals surface area contributed by atoms with E-state index in [0.717, 1.165) is 30.8 Å². The number of hydrogen-bond donors (Lipinski definition) is 1. The summed E-state index contributed by atoms with van der Waals surface area (Å²) in [6, 6.07) is 2.89. The van der Waals surface area contributed by atoms with Gasteiger partial charge in [0, 0.05) is 24.7 Å². The SMILES string of the molecule is CN(C)CC1CCN(Cc2occc2CNC2CC2)CC1. The van der Waals surface area contributed by atoms with Crippen LogP contribution in [0.4, 0.5) is 0 Å². The summed E-state index contributed by atoms with van der Waals surface area (Å²) >= 11 is 0. The Bertz CT molecular complexity index is 431. The fourth-order valence-corrected chi connectivity index (χ4v) is 3.25. The van der Waals surface area contributed by atoms with Gasteiger partial charge in [0.15, 0.2) is 0 Å². The van der Waals surface area contributed by atoms with Crippen molar-refractivity contribution in [2.75, 3.05) is 33.7 Å². The van der Waals surface area contributed by atoms with Gasteiger partial charge in [0.1, 0.15) is 5.76 Å². The molecule has 1 aliphatic heterocycles. The van der Waals surface area contributed by atoms with E-state index in [9.17, 15) is 0 Å². The Kier molecular flexibility index (Phi) is 4.99. The molecule has 0 radical (unpaired) electrons. The summed E-state index contributed by atoms with van der Waals surface area (Å²) in [6.07, 6.45) is 7.15. The molecule has 0 spiro atoms. The minimum absolute atomic E-state index is 0.759. The third-order valence-electron chi connectivity index (χ3n) is 4.69. The van der Waals surface area contributed by atoms with Crippen LogP contribution in [-0.2, 0) is 13.1 Å². The van der Waals surface area contributed by atoms with Crippen LogP contribution in [0.25, 0.3) is 0 Å². The molecule has 2 aliphatic rings. The molecule has 21 heavy (non-hydrogen) atoms. The highest BCUT2D eigenvalue weighted by molar-refractivity contribution is 5.17. The van der Waals surface area contributed by atoms with E-state index in [-0.39, 0.29) is 0 Å². The quantitative estimate of drug-likeness (QED) is 0.835. The van der Waals surface area contributed by atoms with Crippen molar-refractivity contribution >= 4 is 0 Å². The van der Waals surface area contributed by atoms with Gasteiger partial charge in [-0.1, -0.05) is 0 Å². The average Bonchev–Trinajstić information content (AvgIpc) is 3.18. The van der Waals surface area contributed by atoms with Crippen LogP contribution in [0, 0.1) is 5.92 Å². The third kappa shape index (κ3) is 4.56. The first kappa shape index (κ1) is 15.1. The zero-order valence-corrected chi connectivity index (χ0v) is 13.5. The van der Waals surface area contributed by atoms with Gasteiger partial charge < -0.3 is 14.6 Å². The van der Waals surface area contributed by atoms with E-state index in [1.165, 1.54) is 50.9 Å². The van der Waals surface area contributed by atoms with Crippen molar-refractivity contribution in [3.05, 3.63) is 23.7 Å². The Labute approximate surface area is 128 Å². The predicted molar refractivity (Wildman–Crippen MR) is 85.1 cm³/mol. The Balaban J connectivity index is 1.45. The summed E-state index contributed by atoms with van der Waals surface area (Å²) < 4.78 is 5.72. The summed E-state index contributed by atoms with van der Waals surface area (Å²) in [5.74, 6) is 2.03. The number of likely N-dealkylation sites (tertiary alicyclic amines) is 1. The van der Waals surface area contributed by atoms with E-state index in [1.54, 1.807) is 0 Å². The van der Waals surface area contributed by atoms with Gasteiger partial charge in [-0.2, -0.15) is 0 Å². The maximum absolute atomic E-state index is 5.72. The van der Waals surface area contributed by atoms with Gasteiger partial charge in [-0.05, 0) is 64.9 Å². The molecule has 4 nitrogen and oxygen atoms in total. The van der Waals surface area contributed by atoms with E-state index >= 15 is 0 Å². The van der Waals surface area contributed by atoms with Crippen molar-refractivity contribution in [3.63, 3.8) is 0 Å². The highest BCUT2D eigenvalue weighted by atomic mass is 16.3. The zero-order valence-electron chi connectivity index (χ0n) is 13.5. The van der Waals surface area contributed by atoms with Crippen molar-refractivity contribution in [2.45, 2.75) is 44.8 Å². The van der Waals surface area contributed by atoms with E-state index < -0.39 is 0 Å². The number of rotatable bonds is 7. The molecule has 1 N–H and O–H groups in total. The van der Waals surface area contributed by atoms with Gasteiger partial charge >= 0.3 is 0 Å². The maximum Gasteiger partial charge on any atom is 0.122 e. The topological polar surface area (TPSA) is 31.6 Å². The molecule has 2 heterocycles. The third-order valence-corrected chi connectivity index (χ3v) is 4.69. The lowest BCUT2D eigenvalue weighted by atomic mass is 9.96. The lowest BCUT2D eigenvalue weighted by Crippen LogP contribution is -2.36. The lowest BCUT2D eigenvalue weighted by Gasteiger charge is -2.32. The standard InChI is InChI=1S/C17H29N3O/c1-19(2)12-14-5-8-20(9-6-14)13-17-15(7-10-21-17)11-18-16-3-4-16/h7,10,14,16,18H,3-6,8-9,11-13H2,1-2H3. The van der Waals surface area contributed by atoms with Crippen LogP contribution < -0.4 is 5.32 Å². The van der Waals surface area contributed by atoms with E-state index in [4.69, 9.17) is 4.42 Å². The van der Waals surface area contributed by atoms with Gasteiger partial charge in [0.25, 0.3) is 0 Å². The molecule has 118 valence electrons. The van der Waals surface area contributed by atoms with Crippen LogP contribution >= 0.6 is 0 Å². The largest absolute Gasteiger partial charge is 0.468 e. The van der Waals surface area contributed by atoms with Crippen molar-refractivity contribution in [1.29, 1.82) is 0 Å². The van der Waals surface area contributed by atoms with Crippen molar-refractivity contribution in [2.24, 2.45) is 5.92 Å². The molecule has 1 saturated carbocycles. The average molecular weight is 291 g/mol. The second-order valence-corrected chi connectivity index (χ2v) is 7.01. The van der Waals surface area contributed by atoms with Crippen LogP contribution in [0.3, 0.4) is 0 Å². The van der Waals surface area contributed by atoms with Crippen LogP contribution in [0.5, 0.6) is 0 Å². The molecule has 0 atom stereocenters. The molecule has 2 fully saturated rings. The molecule has 1 aromatic heterocycles. The highest BCUT2D eigenvalue weighted by Gasteiger charge is 2.23. The van der Waals surface area contributed by atoms with E-state index in [0.29, 0.717) is 0 Å². The first-order chi connectivity index (χ1) is 10.2. The molecule has 0 aromatic carbocycles. The monoisotopic (exact) mass is 291 g/mol. The number of hydrogen-bond acceptors (Lipinski definition) is 4. The molecule has 1 aromatic rings. The smallest absolute Gasteiger partial charge is 0.122 e. The zero-order chi connectivity index (χ0) is 14.7. The summed E-state index contributed by atoms with van der Waals surface area (Å²) in [5.41, 5.74) is 1.34. The van der Waals surface area contributed by atoms with E-state index in [2.05, 4.69) is 35.3 Å². The summed E-state index contributed by atoms with van der Waals surface area (Å²) in [6.45, 7) is 5.57. The van der Waals surface area contributed by atoms with Crippen LogP contribution in [0.2, 0.25) is 0 Å². The number of nitrogens with one attached hydrogen (secondary N) is 1. The summed E-state index contributed by atoms with van der Waals surface area (Å²) in [4.78, 5) is 4.86. The lowest BCUT2D eigenvalue weighted by molar-refractivity contribution is 0.148. The van der Waals surface area contributed by atoms with Gasteiger partial charge in [0.2, 0.25) is 0 Å². The van der Waals surface area contributed by atoms with E-state index in [1.807, 2.05) is 6.26 Å². The molecule has 4 heteroatoms. The second kappa shape index (κ2) is 6.95. The molecular weight excluding hydrogens is 262 g/mol. The van der Waals surface area contributed by atoms with Crippen LogP contribution in [-0.4, -0.2) is 49.6 Å². The minimum atomic E-state index is 0.759. The van der Waals surface area contributed by atoms with Crippen molar-refractivity contribution < 1.29 is 4.42 Å². The molecule has 3 rings (SSSR count). The van der Waals surface area contributed by atoms with Crippen molar-refractivity contribution in [1.82, 2.24) is 15.1 Å². The normalized spacial score (nSPS) is 21.3. The molecule has 0 unspecified atom stereocenters. The molecule has 1 saturated heterocycles. The highest BCUT2D eigenvalue weighted by Crippen LogP contribution is 2.23.